The van der Waals surface area contributed by atoms with Crippen LogP contribution in [0, 0.1) is 22.7 Å². The first-order chi connectivity index (χ1) is 14.0. The third-order valence-corrected chi connectivity index (χ3v) is 4.69. The number of nitrogens with zero attached hydrogens (tertiary/aromatic N) is 3. The zero-order valence-electron chi connectivity index (χ0n) is 14.9. The summed E-state index contributed by atoms with van der Waals surface area (Å²) in [5, 5.41) is 18.2. The molecule has 29 heavy (non-hydrogen) atoms. The molecule has 0 aromatic heterocycles. The van der Waals surface area contributed by atoms with Gasteiger partial charge in [0, 0.05) is 11.1 Å². The minimum absolute atomic E-state index is 0.0708. The predicted molar refractivity (Wildman–Crippen MR) is 103 cm³/mol. The average Bonchev–Trinajstić information content (AvgIpc) is 3.02. The molecule has 0 spiro atoms. The number of carbonyl (C=O) groups is 3. The number of nitriles is 2. The Balaban J connectivity index is 1.74. The molecule has 1 heterocycles. The van der Waals surface area contributed by atoms with Gasteiger partial charge in [-0.15, -0.1) is 0 Å². The van der Waals surface area contributed by atoms with Crippen molar-refractivity contribution in [3.63, 3.8) is 0 Å². The van der Waals surface area contributed by atoms with Crippen molar-refractivity contribution in [3.05, 3.63) is 100 Å². The lowest BCUT2D eigenvalue weighted by Crippen LogP contribution is -2.29. The number of benzene rings is 3. The summed E-state index contributed by atoms with van der Waals surface area (Å²) in [5.74, 6) is -1.38. The Hall–Kier alpha value is -4.55. The fourth-order valence-corrected chi connectivity index (χ4v) is 3.23. The molecule has 0 unspecified atom stereocenters. The van der Waals surface area contributed by atoms with Crippen LogP contribution in [-0.4, -0.2) is 17.6 Å². The largest absolute Gasteiger partial charge is 0.289 e. The summed E-state index contributed by atoms with van der Waals surface area (Å²) in [6.07, 6.45) is 0. The molecule has 4 rings (SSSR count). The lowest BCUT2D eigenvalue weighted by molar-refractivity contribution is 0.0925. The molecule has 0 bridgehead atoms. The number of hydrogen-bond acceptors (Lipinski definition) is 5. The van der Waals surface area contributed by atoms with Gasteiger partial charge < -0.3 is 0 Å². The van der Waals surface area contributed by atoms with E-state index in [1.807, 2.05) is 12.1 Å². The van der Waals surface area contributed by atoms with Crippen LogP contribution in [-0.2, 0) is 0 Å². The highest BCUT2D eigenvalue weighted by molar-refractivity contribution is 6.35. The fourth-order valence-electron chi connectivity index (χ4n) is 3.23. The van der Waals surface area contributed by atoms with Gasteiger partial charge in [-0.3, -0.25) is 14.4 Å². The first kappa shape index (κ1) is 17.8. The van der Waals surface area contributed by atoms with Crippen molar-refractivity contribution >= 4 is 23.3 Å². The highest BCUT2D eigenvalue weighted by atomic mass is 16.2. The van der Waals surface area contributed by atoms with E-state index in [9.17, 15) is 19.6 Å². The van der Waals surface area contributed by atoms with Crippen LogP contribution in [0.15, 0.2) is 66.7 Å². The van der Waals surface area contributed by atoms with E-state index in [0.29, 0.717) is 11.1 Å². The SMILES string of the molecule is N#Cc1ccc(N2C(=O)c3ccc(C(=O)c4ccccc4)cc3C2=O)cc1C#N. The molecule has 0 fully saturated rings. The van der Waals surface area contributed by atoms with Gasteiger partial charge in [-0.05, 0) is 30.3 Å². The van der Waals surface area contributed by atoms with Gasteiger partial charge in [0.1, 0.15) is 12.1 Å². The van der Waals surface area contributed by atoms with Gasteiger partial charge in [-0.25, -0.2) is 4.90 Å². The Kier molecular flexibility index (Phi) is 4.23. The minimum atomic E-state index is -0.582. The smallest absolute Gasteiger partial charge is 0.266 e. The van der Waals surface area contributed by atoms with Crippen molar-refractivity contribution < 1.29 is 14.4 Å². The van der Waals surface area contributed by atoms with E-state index < -0.39 is 11.8 Å². The van der Waals surface area contributed by atoms with Crippen LogP contribution < -0.4 is 4.90 Å². The average molecular weight is 377 g/mol. The lowest BCUT2D eigenvalue weighted by atomic mass is 9.99. The van der Waals surface area contributed by atoms with E-state index in [-0.39, 0.29) is 33.7 Å². The van der Waals surface area contributed by atoms with Crippen LogP contribution in [0.1, 0.15) is 47.8 Å². The molecule has 0 radical (unpaired) electrons. The van der Waals surface area contributed by atoms with Crippen molar-refractivity contribution in [1.29, 1.82) is 10.5 Å². The van der Waals surface area contributed by atoms with Crippen molar-refractivity contribution in [2.75, 3.05) is 4.90 Å². The Labute approximate surface area is 165 Å². The summed E-state index contributed by atoms with van der Waals surface area (Å²) < 4.78 is 0. The van der Waals surface area contributed by atoms with Gasteiger partial charge in [0.2, 0.25) is 0 Å². The van der Waals surface area contributed by atoms with Gasteiger partial charge in [0.05, 0.1) is 27.9 Å². The maximum Gasteiger partial charge on any atom is 0.266 e. The number of hydrogen-bond donors (Lipinski definition) is 0. The number of ketones is 1. The lowest BCUT2D eigenvalue weighted by Gasteiger charge is -2.14. The molecular weight excluding hydrogens is 366 g/mol. The molecule has 0 saturated carbocycles. The summed E-state index contributed by atoms with van der Waals surface area (Å²) >= 11 is 0. The standard InChI is InChI=1S/C23H11N3O3/c24-12-16-6-8-18(10-17(16)13-25)26-22(28)19-9-7-15(11-20(19)23(26)29)21(27)14-4-2-1-3-5-14/h1-11H. The maximum atomic E-state index is 12.9. The molecule has 0 N–H and O–H groups in total. The second-order valence-electron chi connectivity index (χ2n) is 6.35. The minimum Gasteiger partial charge on any atom is -0.289 e. The highest BCUT2D eigenvalue weighted by Gasteiger charge is 2.37. The first-order valence-corrected chi connectivity index (χ1v) is 8.62. The zero-order chi connectivity index (χ0) is 20.5. The molecule has 0 atom stereocenters. The van der Waals surface area contributed by atoms with Crippen molar-refractivity contribution in [2.45, 2.75) is 0 Å². The van der Waals surface area contributed by atoms with Gasteiger partial charge in [0.15, 0.2) is 5.78 Å². The summed E-state index contributed by atoms with van der Waals surface area (Å²) in [6.45, 7) is 0. The van der Waals surface area contributed by atoms with Crippen LogP contribution in [0.5, 0.6) is 0 Å². The third-order valence-electron chi connectivity index (χ3n) is 4.69. The third kappa shape index (κ3) is 2.86. The zero-order valence-corrected chi connectivity index (χ0v) is 14.9. The van der Waals surface area contributed by atoms with Crippen molar-refractivity contribution in [1.82, 2.24) is 0 Å². The van der Waals surface area contributed by atoms with E-state index in [1.165, 1.54) is 36.4 Å². The second kappa shape index (κ2) is 6.88. The number of anilines is 1. The molecule has 6 heteroatoms. The summed E-state index contributed by atoms with van der Waals surface area (Å²) in [4.78, 5) is 39.3. The highest BCUT2D eigenvalue weighted by Crippen LogP contribution is 2.30. The molecule has 3 aromatic rings. The van der Waals surface area contributed by atoms with E-state index in [1.54, 1.807) is 30.3 Å². The molecule has 3 aromatic carbocycles. The monoisotopic (exact) mass is 377 g/mol. The Morgan fingerprint density at radius 3 is 2.10 bits per heavy atom. The van der Waals surface area contributed by atoms with Crippen LogP contribution in [0.4, 0.5) is 5.69 Å². The molecule has 1 aliphatic rings. The molecular formula is C23H11N3O3. The number of carbonyl (C=O) groups excluding carboxylic acids is 3. The van der Waals surface area contributed by atoms with Crippen molar-refractivity contribution in [2.24, 2.45) is 0 Å². The number of rotatable bonds is 3. The van der Waals surface area contributed by atoms with E-state index in [4.69, 9.17) is 5.26 Å². The van der Waals surface area contributed by atoms with Crippen LogP contribution in [0.3, 0.4) is 0 Å². The van der Waals surface area contributed by atoms with E-state index >= 15 is 0 Å². The maximum absolute atomic E-state index is 12.9. The quantitative estimate of drug-likeness (QED) is 0.514. The van der Waals surface area contributed by atoms with Crippen LogP contribution in [0.25, 0.3) is 0 Å². The second-order valence-corrected chi connectivity index (χ2v) is 6.35. The molecule has 0 aliphatic carbocycles. The van der Waals surface area contributed by atoms with Crippen molar-refractivity contribution in [3.8, 4) is 12.1 Å². The van der Waals surface area contributed by atoms with Gasteiger partial charge in [0.25, 0.3) is 11.8 Å². The summed E-state index contributed by atoms with van der Waals surface area (Å²) in [5.41, 5.74) is 1.51. The molecule has 0 saturated heterocycles. The molecule has 1 aliphatic heterocycles. The van der Waals surface area contributed by atoms with Gasteiger partial charge >= 0.3 is 0 Å². The fraction of sp³-hybridized carbons (Fsp3) is 0. The Morgan fingerprint density at radius 2 is 1.41 bits per heavy atom. The molecule has 136 valence electrons. The summed E-state index contributed by atoms with van der Waals surface area (Å²) in [6, 6.07) is 21.0. The first-order valence-electron chi connectivity index (χ1n) is 8.62. The number of imide groups is 1. The van der Waals surface area contributed by atoms with Gasteiger partial charge in [-0.1, -0.05) is 36.4 Å². The van der Waals surface area contributed by atoms with E-state index in [2.05, 4.69) is 0 Å². The number of fused-ring (bicyclic) bond motifs is 1. The molecule has 2 amide bonds. The number of amides is 2. The van der Waals surface area contributed by atoms with Crippen LogP contribution >= 0.6 is 0 Å². The normalized spacial score (nSPS) is 12.3. The molecule has 6 nitrogen and oxygen atoms in total. The Bertz CT molecular complexity index is 1280. The van der Waals surface area contributed by atoms with Gasteiger partial charge in [-0.2, -0.15) is 10.5 Å². The van der Waals surface area contributed by atoms with Crippen LogP contribution in [0.2, 0.25) is 0 Å². The van der Waals surface area contributed by atoms with E-state index in [0.717, 1.165) is 4.90 Å². The topological polar surface area (TPSA) is 102 Å². The predicted octanol–water partition coefficient (Wildman–Crippen LogP) is 3.46. The summed E-state index contributed by atoms with van der Waals surface area (Å²) in [7, 11) is 0. The Morgan fingerprint density at radius 1 is 0.724 bits per heavy atom.